The lowest BCUT2D eigenvalue weighted by Gasteiger charge is -2.26. The summed E-state index contributed by atoms with van der Waals surface area (Å²) >= 11 is 0. The number of piperidine rings is 1. The molecule has 3 rings (SSSR count). The van der Waals surface area contributed by atoms with E-state index in [2.05, 4.69) is 10.6 Å². The molecule has 2 aromatic rings. The Labute approximate surface area is 177 Å². The molecule has 1 atom stereocenters. The van der Waals surface area contributed by atoms with E-state index in [0.717, 1.165) is 30.4 Å². The van der Waals surface area contributed by atoms with Gasteiger partial charge in [-0.05, 0) is 62.1 Å². The fourth-order valence-electron chi connectivity index (χ4n) is 3.48. The molecule has 6 nitrogen and oxygen atoms in total. The van der Waals surface area contributed by atoms with E-state index in [4.69, 9.17) is 0 Å². The number of hydrogen-bond donors (Lipinski definition) is 2. The third-order valence-corrected chi connectivity index (χ3v) is 7.25. The maximum Gasteiger partial charge on any atom is 0.243 e. The van der Waals surface area contributed by atoms with Gasteiger partial charge in [-0.1, -0.05) is 24.6 Å². The minimum absolute atomic E-state index is 0.0141. The van der Waals surface area contributed by atoms with Crippen molar-refractivity contribution < 1.29 is 17.6 Å². The van der Waals surface area contributed by atoms with E-state index in [-0.39, 0.29) is 29.2 Å². The summed E-state index contributed by atoms with van der Waals surface area (Å²) in [5.41, 5.74) is 1.99. The first-order valence-electron chi connectivity index (χ1n) is 10.2. The van der Waals surface area contributed by atoms with Gasteiger partial charge < -0.3 is 10.6 Å². The zero-order valence-corrected chi connectivity index (χ0v) is 18.1. The van der Waals surface area contributed by atoms with E-state index in [1.165, 1.54) is 22.5 Å². The molecule has 30 heavy (non-hydrogen) atoms. The molecule has 0 spiro atoms. The molecule has 1 saturated heterocycles. The summed E-state index contributed by atoms with van der Waals surface area (Å²) in [5.74, 6) is -0.623. The van der Waals surface area contributed by atoms with Crippen LogP contribution in [0.4, 0.5) is 10.1 Å². The summed E-state index contributed by atoms with van der Waals surface area (Å²) in [7, 11) is -3.57. The predicted molar refractivity (Wildman–Crippen MR) is 115 cm³/mol. The Morgan fingerprint density at radius 1 is 1.13 bits per heavy atom. The smallest absolute Gasteiger partial charge is 0.243 e. The molecule has 1 amide bonds. The highest BCUT2D eigenvalue weighted by Crippen LogP contribution is 2.25. The Hall–Kier alpha value is -2.29. The fraction of sp³-hybridized carbons (Fsp3) is 0.409. The van der Waals surface area contributed by atoms with Crippen LogP contribution in [0.1, 0.15) is 43.4 Å². The third kappa shape index (κ3) is 5.44. The lowest BCUT2D eigenvalue weighted by Crippen LogP contribution is -2.35. The van der Waals surface area contributed by atoms with Crippen molar-refractivity contribution >= 4 is 21.6 Å². The van der Waals surface area contributed by atoms with Crippen LogP contribution in [0.15, 0.2) is 47.4 Å². The van der Waals surface area contributed by atoms with Crippen molar-refractivity contribution in [2.24, 2.45) is 0 Å². The van der Waals surface area contributed by atoms with Crippen molar-refractivity contribution in [3.05, 3.63) is 59.4 Å². The first kappa shape index (κ1) is 22.4. The maximum atomic E-state index is 13.4. The van der Waals surface area contributed by atoms with Crippen molar-refractivity contribution in [3.8, 4) is 0 Å². The van der Waals surface area contributed by atoms with Gasteiger partial charge in [0.25, 0.3) is 0 Å². The molecule has 0 saturated carbocycles. The van der Waals surface area contributed by atoms with Crippen LogP contribution in [0, 0.1) is 12.7 Å². The molecule has 1 heterocycles. The van der Waals surface area contributed by atoms with Crippen LogP contribution in [0.5, 0.6) is 0 Å². The second-order valence-electron chi connectivity index (χ2n) is 7.65. The molecule has 0 unspecified atom stereocenters. The molecular weight excluding hydrogens is 405 g/mol. The number of anilines is 1. The molecule has 2 N–H and O–H groups in total. The van der Waals surface area contributed by atoms with Gasteiger partial charge in [-0.3, -0.25) is 4.79 Å². The number of carbonyl (C=O) groups excluding carboxylic acids is 1. The normalized spacial score (nSPS) is 16.2. The number of carbonyl (C=O) groups is 1. The highest BCUT2D eigenvalue weighted by molar-refractivity contribution is 7.89. The van der Waals surface area contributed by atoms with Gasteiger partial charge >= 0.3 is 0 Å². The second-order valence-corrected chi connectivity index (χ2v) is 9.59. The Kier molecular flexibility index (Phi) is 7.23. The van der Waals surface area contributed by atoms with Crippen molar-refractivity contribution in [3.63, 3.8) is 0 Å². The number of rotatable bonds is 7. The number of benzene rings is 2. The maximum absolute atomic E-state index is 13.4. The quantitative estimate of drug-likeness (QED) is 0.699. The second kappa shape index (κ2) is 9.68. The van der Waals surface area contributed by atoms with E-state index < -0.39 is 10.0 Å². The fourth-order valence-corrected chi connectivity index (χ4v) is 5.03. The topological polar surface area (TPSA) is 78.5 Å². The van der Waals surface area contributed by atoms with Gasteiger partial charge in [0.05, 0.1) is 11.4 Å². The summed E-state index contributed by atoms with van der Waals surface area (Å²) in [6.45, 7) is 4.73. The minimum Gasteiger partial charge on any atom is -0.325 e. The molecule has 1 fully saturated rings. The Bertz CT molecular complexity index is 1000. The van der Waals surface area contributed by atoms with Gasteiger partial charge in [0.15, 0.2) is 0 Å². The molecule has 162 valence electrons. The number of hydrogen-bond acceptors (Lipinski definition) is 4. The number of amides is 1. The van der Waals surface area contributed by atoms with E-state index in [1.54, 1.807) is 24.3 Å². The number of nitrogens with zero attached hydrogens (tertiary/aromatic N) is 1. The van der Waals surface area contributed by atoms with Crippen LogP contribution in [-0.2, 0) is 14.8 Å². The summed E-state index contributed by atoms with van der Waals surface area (Å²) in [5, 5.41) is 5.84. The summed E-state index contributed by atoms with van der Waals surface area (Å²) in [4.78, 5) is 12.6. The predicted octanol–water partition coefficient (Wildman–Crippen LogP) is 3.60. The van der Waals surface area contributed by atoms with Crippen LogP contribution >= 0.6 is 0 Å². The average molecular weight is 434 g/mol. The van der Waals surface area contributed by atoms with Crippen LogP contribution in [0.25, 0.3) is 0 Å². The molecule has 0 bridgehead atoms. The van der Waals surface area contributed by atoms with Crippen molar-refractivity contribution in [1.82, 2.24) is 9.62 Å². The Balaban J connectivity index is 1.65. The number of aryl methyl sites for hydroxylation is 1. The van der Waals surface area contributed by atoms with E-state index in [1.807, 2.05) is 13.8 Å². The zero-order chi connectivity index (χ0) is 21.7. The highest BCUT2D eigenvalue weighted by Gasteiger charge is 2.26. The third-order valence-electron chi connectivity index (χ3n) is 5.35. The first-order valence-corrected chi connectivity index (χ1v) is 11.6. The average Bonchev–Trinajstić information content (AvgIpc) is 2.74. The summed E-state index contributed by atoms with van der Waals surface area (Å²) < 4.78 is 40.7. The zero-order valence-electron chi connectivity index (χ0n) is 17.3. The number of sulfonamides is 1. The molecule has 0 aliphatic carbocycles. The molecule has 8 heteroatoms. The van der Waals surface area contributed by atoms with Gasteiger partial charge in [0.2, 0.25) is 15.9 Å². The molecule has 2 aromatic carbocycles. The first-order chi connectivity index (χ1) is 14.3. The minimum atomic E-state index is -3.57. The summed E-state index contributed by atoms with van der Waals surface area (Å²) in [6, 6.07) is 10.8. The Morgan fingerprint density at radius 3 is 2.57 bits per heavy atom. The lowest BCUT2D eigenvalue weighted by atomic mass is 10.1. The SMILES string of the molecule is Cc1ccc(S(=O)(=O)N2CCCCC2)cc1NC(=O)CN[C@@H](C)c1cccc(F)c1. The van der Waals surface area contributed by atoms with E-state index in [0.29, 0.717) is 18.8 Å². The van der Waals surface area contributed by atoms with Crippen molar-refractivity contribution in [2.75, 3.05) is 25.0 Å². The molecule has 0 radical (unpaired) electrons. The lowest BCUT2D eigenvalue weighted by molar-refractivity contribution is -0.115. The molecule has 0 aromatic heterocycles. The van der Waals surface area contributed by atoms with Crippen LogP contribution in [0.3, 0.4) is 0 Å². The highest BCUT2D eigenvalue weighted by atomic mass is 32.2. The van der Waals surface area contributed by atoms with E-state index >= 15 is 0 Å². The van der Waals surface area contributed by atoms with Crippen LogP contribution < -0.4 is 10.6 Å². The largest absolute Gasteiger partial charge is 0.325 e. The van der Waals surface area contributed by atoms with Gasteiger partial charge in [-0.15, -0.1) is 0 Å². The standard InChI is InChI=1S/C22H28FN3O3S/c1-16-9-10-20(30(28,29)26-11-4-3-5-12-26)14-21(16)25-22(27)15-24-17(2)18-7-6-8-19(23)13-18/h6-10,13-14,17,24H,3-5,11-12,15H2,1-2H3,(H,25,27)/t17-/m0/s1. The monoisotopic (exact) mass is 433 g/mol. The van der Waals surface area contributed by atoms with Gasteiger partial charge in [0, 0.05) is 24.8 Å². The van der Waals surface area contributed by atoms with Gasteiger partial charge in [-0.2, -0.15) is 4.31 Å². The molecular formula is C22H28FN3O3S. The number of halogens is 1. The Morgan fingerprint density at radius 2 is 1.87 bits per heavy atom. The molecule has 1 aliphatic rings. The van der Waals surface area contributed by atoms with Crippen molar-refractivity contribution in [1.29, 1.82) is 0 Å². The van der Waals surface area contributed by atoms with Gasteiger partial charge in [0.1, 0.15) is 5.82 Å². The van der Waals surface area contributed by atoms with E-state index in [9.17, 15) is 17.6 Å². The van der Waals surface area contributed by atoms with Crippen LogP contribution in [0.2, 0.25) is 0 Å². The molecule has 1 aliphatic heterocycles. The van der Waals surface area contributed by atoms with Gasteiger partial charge in [-0.25, -0.2) is 12.8 Å². The summed E-state index contributed by atoms with van der Waals surface area (Å²) in [6.07, 6.45) is 2.77. The van der Waals surface area contributed by atoms with Crippen molar-refractivity contribution in [2.45, 2.75) is 44.0 Å². The number of nitrogens with one attached hydrogen (secondary N) is 2. The van der Waals surface area contributed by atoms with Crippen LogP contribution in [-0.4, -0.2) is 38.3 Å².